The van der Waals surface area contributed by atoms with E-state index in [2.05, 4.69) is 47.6 Å². The van der Waals surface area contributed by atoms with Crippen molar-refractivity contribution in [2.45, 2.75) is 13.1 Å². The summed E-state index contributed by atoms with van der Waals surface area (Å²) in [5, 5.41) is 11.2. The van der Waals surface area contributed by atoms with E-state index in [4.69, 9.17) is 4.98 Å². The second-order valence-corrected chi connectivity index (χ2v) is 9.48. The summed E-state index contributed by atoms with van der Waals surface area (Å²) in [5.74, 6) is 0.0657. The molecular weight excluding hydrogens is 503 g/mol. The van der Waals surface area contributed by atoms with Gasteiger partial charge in [0.1, 0.15) is 17.0 Å². The zero-order valence-corrected chi connectivity index (χ0v) is 21.3. The van der Waals surface area contributed by atoms with E-state index in [9.17, 15) is 0 Å². The van der Waals surface area contributed by atoms with Gasteiger partial charge in [-0.3, -0.25) is 20.1 Å². The van der Waals surface area contributed by atoms with E-state index in [1.807, 2.05) is 48.5 Å². The Labute approximate surface area is 228 Å². The number of pyridine rings is 3. The molecule has 0 unspecified atom stereocenters. The van der Waals surface area contributed by atoms with Crippen molar-refractivity contribution in [2.75, 3.05) is 0 Å². The van der Waals surface area contributed by atoms with Crippen molar-refractivity contribution < 1.29 is 4.39 Å². The van der Waals surface area contributed by atoms with Crippen LogP contribution in [0.25, 0.3) is 55.8 Å². The first kappa shape index (κ1) is 23.8. The summed E-state index contributed by atoms with van der Waals surface area (Å²) < 4.78 is 16.2. The Morgan fingerprint density at radius 3 is 2.50 bits per heavy atom. The number of nitrogens with zero attached hydrogens (tertiary/aromatic N) is 5. The first-order chi connectivity index (χ1) is 19.7. The van der Waals surface area contributed by atoms with Gasteiger partial charge in [-0.25, -0.2) is 9.37 Å². The Balaban J connectivity index is 1.23. The number of aromatic nitrogens is 7. The Bertz CT molecular complexity index is 1950. The molecule has 0 aliphatic rings. The number of H-pyrrole nitrogens is 2. The topological polar surface area (TPSA) is 108 Å². The minimum absolute atomic E-state index is 0.361. The third kappa shape index (κ3) is 4.38. The summed E-state index contributed by atoms with van der Waals surface area (Å²) in [4.78, 5) is 21.2. The lowest BCUT2D eigenvalue weighted by molar-refractivity contribution is 0.643. The molecule has 0 bridgehead atoms. The standard InChI is InChI=1S/C31H23FN8/c32-27-23(22-13-20(16-35-18-22)15-34-14-19-5-2-1-3-6-19)8-9-24-26(27)30(40-39-24)31-37-25-10-12-36-28(29(25)38-31)21-7-4-11-33-17-21/h1-13,16-18,34H,14-15H2,(H,37,38)(H,39,40). The molecule has 5 aromatic heterocycles. The van der Waals surface area contributed by atoms with Gasteiger partial charge in [0.15, 0.2) is 5.82 Å². The molecule has 0 saturated carbocycles. The van der Waals surface area contributed by atoms with E-state index >= 15 is 4.39 Å². The quantitative estimate of drug-likeness (QED) is 0.233. The molecule has 194 valence electrons. The van der Waals surface area contributed by atoms with Gasteiger partial charge < -0.3 is 10.3 Å². The van der Waals surface area contributed by atoms with Gasteiger partial charge >= 0.3 is 0 Å². The Kier molecular flexibility index (Phi) is 6.02. The van der Waals surface area contributed by atoms with Crippen LogP contribution in [-0.2, 0) is 13.1 Å². The van der Waals surface area contributed by atoms with Gasteiger partial charge in [0.25, 0.3) is 0 Å². The smallest absolute Gasteiger partial charge is 0.159 e. The maximum absolute atomic E-state index is 16.2. The number of hydrogen-bond donors (Lipinski definition) is 3. The van der Waals surface area contributed by atoms with Crippen molar-refractivity contribution in [2.24, 2.45) is 0 Å². The van der Waals surface area contributed by atoms with Crippen LogP contribution < -0.4 is 5.32 Å². The van der Waals surface area contributed by atoms with Gasteiger partial charge in [0.2, 0.25) is 0 Å². The van der Waals surface area contributed by atoms with Gasteiger partial charge in [-0.05, 0) is 47.5 Å². The van der Waals surface area contributed by atoms with Gasteiger partial charge in [-0.15, -0.1) is 0 Å². The number of hydrogen-bond acceptors (Lipinski definition) is 6. The van der Waals surface area contributed by atoms with Crippen LogP contribution in [0, 0.1) is 5.82 Å². The fourth-order valence-electron chi connectivity index (χ4n) is 4.91. The van der Waals surface area contributed by atoms with Crippen molar-refractivity contribution in [3.05, 3.63) is 115 Å². The first-order valence-electron chi connectivity index (χ1n) is 12.9. The largest absolute Gasteiger partial charge is 0.336 e. The van der Waals surface area contributed by atoms with E-state index < -0.39 is 0 Å². The molecule has 8 nitrogen and oxygen atoms in total. The highest BCUT2D eigenvalue weighted by atomic mass is 19.1. The first-order valence-corrected chi connectivity index (χ1v) is 12.9. The average molecular weight is 527 g/mol. The lowest BCUT2D eigenvalue weighted by atomic mass is 10.0. The molecule has 0 spiro atoms. The fraction of sp³-hybridized carbons (Fsp3) is 0.0645. The summed E-state index contributed by atoms with van der Waals surface area (Å²) in [6.07, 6.45) is 8.64. The molecule has 9 heteroatoms. The highest BCUT2D eigenvalue weighted by Crippen LogP contribution is 2.35. The van der Waals surface area contributed by atoms with E-state index in [1.54, 1.807) is 37.1 Å². The Hall–Kier alpha value is -5.28. The normalized spacial score (nSPS) is 11.4. The average Bonchev–Trinajstić information content (AvgIpc) is 3.63. The van der Waals surface area contributed by atoms with Gasteiger partial charge in [-0.1, -0.05) is 30.3 Å². The molecule has 3 N–H and O–H groups in total. The van der Waals surface area contributed by atoms with Crippen LogP contribution in [-0.4, -0.2) is 35.1 Å². The van der Waals surface area contributed by atoms with Crippen LogP contribution in [0.2, 0.25) is 0 Å². The van der Waals surface area contributed by atoms with E-state index in [-0.39, 0.29) is 5.82 Å². The number of fused-ring (bicyclic) bond motifs is 2. The summed E-state index contributed by atoms with van der Waals surface area (Å²) in [6.45, 7) is 1.35. The number of nitrogens with one attached hydrogen (secondary N) is 3. The van der Waals surface area contributed by atoms with E-state index in [0.29, 0.717) is 51.3 Å². The lowest BCUT2D eigenvalue weighted by Crippen LogP contribution is -2.12. The maximum atomic E-state index is 16.2. The number of benzene rings is 2. The minimum Gasteiger partial charge on any atom is -0.336 e. The number of imidazole rings is 1. The Morgan fingerprint density at radius 2 is 1.62 bits per heavy atom. The summed E-state index contributed by atoms with van der Waals surface area (Å²) in [6, 6.07) is 21.3. The predicted molar refractivity (Wildman–Crippen MR) is 152 cm³/mol. The molecule has 0 saturated heterocycles. The SMILES string of the molecule is Fc1c(-c2cncc(CNCc3ccccc3)c2)ccc2[nH]nc(-c3nc4c(-c5cccnc5)nccc4[nH]3)c12. The van der Waals surface area contributed by atoms with E-state index in [0.717, 1.165) is 23.2 Å². The van der Waals surface area contributed by atoms with Crippen LogP contribution in [0.4, 0.5) is 4.39 Å². The molecule has 0 aliphatic heterocycles. The highest BCUT2D eigenvalue weighted by Gasteiger charge is 2.20. The van der Waals surface area contributed by atoms with Crippen LogP contribution in [0.5, 0.6) is 0 Å². The molecule has 7 aromatic rings. The lowest BCUT2D eigenvalue weighted by Gasteiger charge is -2.09. The summed E-state index contributed by atoms with van der Waals surface area (Å²) in [7, 11) is 0. The summed E-state index contributed by atoms with van der Waals surface area (Å²) in [5.41, 5.74) is 7.26. The minimum atomic E-state index is -0.386. The third-order valence-corrected chi connectivity index (χ3v) is 6.83. The zero-order valence-electron chi connectivity index (χ0n) is 21.3. The fourth-order valence-corrected chi connectivity index (χ4v) is 4.91. The molecule has 40 heavy (non-hydrogen) atoms. The number of rotatable bonds is 7. The van der Waals surface area contributed by atoms with Crippen molar-refractivity contribution >= 4 is 21.9 Å². The molecule has 0 fully saturated rings. The van der Waals surface area contributed by atoms with Crippen molar-refractivity contribution in [1.29, 1.82) is 0 Å². The molecule has 7 rings (SSSR count). The molecule has 0 radical (unpaired) electrons. The monoisotopic (exact) mass is 526 g/mol. The number of halogens is 1. The van der Waals surface area contributed by atoms with E-state index in [1.165, 1.54) is 5.56 Å². The molecule has 5 heterocycles. The van der Waals surface area contributed by atoms with Crippen LogP contribution in [0.3, 0.4) is 0 Å². The van der Waals surface area contributed by atoms with Crippen LogP contribution in [0.15, 0.2) is 97.7 Å². The molecular formula is C31H23FN8. The molecule has 2 aromatic carbocycles. The number of aromatic amines is 2. The van der Waals surface area contributed by atoms with Crippen LogP contribution >= 0.6 is 0 Å². The van der Waals surface area contributed by atoms with Gasteiger partial charge in [0.05, 0.1) is 22.1 Å². The molecule has 0 atom stereocenters. The molecule has 0 amide bonds. The zero-order chi connectivity index (χ0) is 26.9. The second-order valence-electron chi connectivity index (χ2n) is 9.48. The molecule has 0 aliphatic carbocycles. The van der Waals surface area contributed by atoms with Crippen molar-refractivity contribution in [3.63, 3.8) is 0 Å². The van der Waals surface area contributed by atoms with Gasteiger partial charge in [-0.2, -0.15) is 5.10 Å². The predicted octanol–water partition coefficient (Wildman–Crippen LogP) is 6.05. The second kappa shape index (κ2) is 10.1. The Morgan fingerprint density at radius 1 is 0.750 bits per heavy atom. The highest BCUT2D eigenvalue weighted by molar-refractivity contribution is 5.98. The summed E-state index contributed by atoms with van der Waals surface area (Å²) >= 11 is 0. The van der Waals surface area contributed by atoms with Gasteiger partial charge in [0, 0.05) is 60.8 Å². The van der Waals surface area contributed by atoms with Crippen molar-refractivity contribution in [3.8, 4) is 33.9 Å². The van der Waals surface area contributed by atoms with Crippen molar-refractivity contribution in [1.82, 2.24) is 40.4 Å². The third-order valence-electron chi connectivity index (χ3n) is 6.83. The maximum Gasteiger partial charge on any atom is 0.159 e. The van der Waals surface area contributed by atoms with Crippen LogP contribution in [0.1, 0.15) is 11.1 Å².